The molecule has 7 nitrogen and oxygen atoms in total. The van der Waals surface area contributed by atoms with Crippen molar-refractivity contribution in [2.24, 2.45) is 0 Å². The normalized spacial score (nSPS) is 11.3. The van der Waals surface area contributed by atoms with Crippen molar-refractivity contribution in [3.8, 4) is 0 Å². The smallest absolute Gasteiger partial charge is 0.387 e. The van der Waals surface area contributed by atoms with Crippen LogP contribution in [0.15, 0.2) is 0 Å². The monoisotopic (exact) mass is 241 g/mol. The highest BCUT2D eigenvalue weighted by Gasteiger charge is 2.17. The number of carbonyl (C=O) groups is 1. The van der Waals surface area contributed by atoms with Gasteiger partial charge in [0.05, 0.1) is 0 Å². The molecule has 0 aliphatic rings. The molecule has 2 N–H and O–H groups in total. The van der Waals surface area contributed by atoms with Gasteiger partial charge in [-0.3, -0.25) is 4.79 Å². The van der Waals surface area contributed by atoms with Gasteiger partial charge in [-0.1, -0.05) is 11.9 Å². The molecule has 0 rings (SSSR count). The zero-order valence-corrected chi connectivity index (χ0v) is 7.69. The maximum Gasteiger partial charge on any atom is 0.387 e. The molecule has 0 fully saturated rings. The fourth-order valence-electron chi connectivity index (χ4n) is 0.119. The van der Waals surface area contributed by atoms with Crippen LogP contribution in [0.5, 0.6) is 0 Å². The molecule has 0 aliphatic heterocycles. The maximum absolute atomic E-state index is 11.1. The Kier molecular flexibility index (Phi) is 5.69. The van der Waals surface area contributed by atoms with Crippen LogP contribution in [0.1, 0.15) is 6.92 Å². The Balaban J connectivity index is 0. The van der Waals surface area contributed by atoms with Crippen molar-refractivity contribution in [2.45, 2.75) is 6.92 Å². The summed E-state index contributed by atoms with van der Waals surface area (Å²) < 4.78 is 59.3. The second-order valence-electron chi connectivity index (χ2n) is 1.48. The molecule has 0 saturated heterocycles. The van der Waals surface area contributed by atoms with Gasteiger partial charge < -0.3 is 5.11 Å². The Labute approximate surface area is 73.1 Å². The van der Waals surface area contributed by atoms with E-state index < -0.39 is 26.8 Å². The molecule has 0 aliphatic carbocycles. The fourth-order valence-corrected chi connectivity index (χ4v) is 1.07. The molecular formula is C2H5F2NO6S2. The number of rotatable bonds is 2. The predicted octanol–water partition coefficient (Wildman–Crippen LogP) is -0.904. The number of carboxylic acids is 1. The summed E-state index contributed by atoms with van der Waals surface area (Å²) >= 11 is 0. The van der Waals surface area contributed by atoms with E-state index in [4.69, 9.17) is 9.90 Å². The predicted molar refractivity (Wildman–Crippen MR) is 36.5 cm³/mol. The van der Waals surface area contributed by atoms with Crippen molar-refractivity contribution in [3.63, 3.8) is 0 Å². The standard InChI is InChI=1S/C2H4O2.F2HNO4S2/c1-2(3)4;1-8(4,5)3-9(2,6)7/h1H3,(H,3,4);3H. The second-order valence-corrected chi connectivity index (χ2v) is 3.90. The summed E-state index contributed by atoms with van der Waals surface area (Å²) in [6.45, 7) is 1.08. The quantitative estimate of drug-likeness (QED) is 0.604. The first-order valence-electron chi connectivity index (χ1n) is 2.31. The SMILES string of the molecule is CC(=O)O.O=S(=O)(F)NS(=O)(=O)F. The maximum atomic E-state index is 11.1. The first kappa shape index (κ1) is 14.7. The molecule has 0 atom stereocenters. The summed E-state index contributed by atoms with van der Waals surface area (Å²) in [6, 6.07) is 0. The van der Waals surface area contributed by atoms with Gasteiger partial charge in [-0.15, -0.1) is 0 Å². The molecule has 0 aromatic carbocycles. The average molecular weight is 241 g/mol. The molecule has 0 radical (unpaired) electrons. The number of nitrogens with one attached hydrogen (secondary N) is 1. The number of carboxylic acid groups (broad SMARTS) is 1. The third-order valence-electron chi connectivity index (χ3n) is 0.199. The summed E-state index contributed by atoms with van der Waals surface area (Å²) in [5.74, 6) is -0.833. The van der Waals surface area contributed by atoms with Crippen LogP contribution in [-0.4, -0.2) is 27.9 Å². The lowest BCUT2D eigenvalue weighted by molar-refractivity contribution is -0.134. The minimum absolute atomic E-state index is 0.0694. The van der Waals surface area contributed by atoms with Crippen molar-refractivity contribution in [1.82, 2.24) is 4.13 Å². The third-order valence-corrected chi connectivity index (χ3v) is 1.79. The molecule has 13 heavy (non-hydrogen) atoms. The van der Waals surface area contributed by atoms with E-state index in [0.29, 0.717) is 0 Å². The molecule has 0 heterocycles. The zero-order valence-electron chi connectivity index (χ0n) is 6.06. The summed E-state index contributed by atoms with van der Waals surface area (Å²) in [4.78, 5) is 9.00. The van der Waals surface area contributed by atoms with E-state index in [1.54, 1.807) is 0 Å². The lowest BCUT2D eigenvalue weighted by atomic mass is 10.9. The van der Waals surface area contributed by atoms with Crippen molar-refractivity contribution in [2.75, 3.05) is 0 Å². The van der Waals surface area contributed by atoms with Crippen LogP contribution in [0.2, 0.25) is 0 Å². The average Bonchev–Trinajstić information content (AvgIpc) is 1.47. The summed E-state index contributed by atoms with van der Waals surface area (Å²) in [5.41, 5.74) is 0. The Morgan fingerprint density at radius 3 is 1.31 bits per heavy atom. The van der Waals surface area contributed by atoms with E-state index in [0.717, 1.165) is 6.92 Å². The molecule has 0 aromatic heterocycles. The van der Waals surface area contributed by atoms with Crippen molar-refractivity contribution < 1.29 is 34.5 Å². The van der Waals surface area contributed by atoms with Gasteiger partial charge in [0, 0.05) is 6.92 Å². The first-order chi connectivity index (χ1) is 5.44. The third kappa shape index (κ3) is 35.1. The molecule has 0 bridgehead atoms. The molecule has 0 spiro atoms. The number of hydrogen-bond donors (Lipinski definition) is 2. The van der Waals surface area contributed by atoms with Crippen LogP contribution < -0.4 is 4.13 Å². The van der Waals surface area contributed by atoms with E-state index in [-0.39, 0.29) is 4.13 Å². The topological polar surface area (TPSA) is 118 Å². The molecule has 80 valence electrons. The van der Waals surface area contributed by atoms with Crippen LogP contribution in [0.4, 0.5) is 7.77 Å². The zero-order chi connectivity index (χ0) is 11.3. The van der Waals surface area contributed by atoms with Gasteiger partial charge in [0.15, 0.2) is 0 Å². The number of halogens is 2. The van der Waals surface area contributed by atoms with Crippen LogP contribution in [0, 0.1) is 0 Å². The Hall–Kier alpha value is -0.810. The van der Waals surface area contributed by atoms with Gasteiger partial charge in [-0.05, 0) is 0 Å². The van der Waals surface area contributed by atoms with Crippen LogP contribution in [0.3, 0.4) is 0 Å². The van der Waals surface area contributed by atoms with Gasteiger partial charge >= 0.3 is 20.8 Å². The molecular weight excluding hydrogens is 236 g/mol. The number of hydrogen-bond acceptors (Lipinski definition) is 5. The molecule has 0 aromatic rings. The highest BCUT2D eigenvalue weighted by atomic mass is 32.3. The van der Waals surface area contributed by atoms with E-state index >= 15 is 0 Å². The molecule has 0 unspecified atom stereocenters. The summed E-state index contributed by atoms with van der Waals surface area (Å²) in [5, 5.41) is 7.42. The van der Waals surface area contributed by atoms with E-state index in [9.17, 15) is 24.6 Å². The van der Waals surface area contributed by atoms with Crippen LogP contribution in [-0.2, 0) is 25.6 Å². The Morgan fingerprint density at radius 2 is 1.31 bits per heavy atom. The van der Waals surface area contributed by atoms with Gasteiger partial charge in [-0.25, -0.2) is 0 Å². The minimum Gasteiger partial charge on any atom is -0.481 e. The van der Waals surface area contributed by atoms with E-state index in [2.05, 4.69) is 0 Å². The van der Waals surface area contributed by atoms with Gasteiger partial charge in [0.25, 0.3) is 5.97 Å². The van der Waals surface area contributed by atoms with Crippen molar-refractivity contribution in [3.05, 3.63) is 0 Å². The van der Waals surface area contributed by atoms with Gasteiger partial charge in [-0.2, -0.15) is 16.8 Å². The molecule has 0 saturated carbocycles. The van der Waals surface area contributed by atoms with Gasteiger partial charge in [0.1, 0.15) is 0 Å². The van der Waals surface area contributed by atoms with Crippen molar-refractivity contribution >= 4 is 26.8 Å². The lowest BCUT2D eigenvalue weighted by Gasteiger charge is -1.87. The largest absolute Gasteiger partial charge is 0.481 e. The van der Waals surface area contributed by atoms with E-state index in [1.165, 1.54) is 0 Å². The highest BCUT2D eigenvalue weighted by molar-refractivity contribution is 7.99. The molecule has 11 heteroatoms. The Morgan fingerprint density at radius 1 is 1.15 bits per heavy atom. The van der Waals surface area contributed by atoms with E-state index in [1.807, 2.05) is 0 Å². The van der Waals surface area contributed by atoms with Crippen LogP contribution in [0.25, 0.3) is 0 Å². The lowest BCUT2D eigenvalue weighted by Crippen LogP contribution is -2.23. The number of aliphatic carboxylic acids is 1. The first-order valence-corrected chi connectivity index (χ1v) is 5.08. The van der Waals surface area contributed by atoms with Crippen LogP contribution >= 0.6 is 0 Å². The fraction of sp³-hybridized carbons (Fsp3) is 0.500. The second kappa shape index (κ2) is 5.04. The minimum atomic E-state index is -5.49. The molecule has 0 amide bonds. The Bertz CT molecular complexity index is 322. The van der Waals surface area contributed by atoms with Crippen molar-refractivity contribution in [1.29, 1.82) is 0 Å². The highest BCUT2D eigenvalue weighted by Crippen LogP contribution is 1.90. The van der Waals surface area contributed by atoms with Gasteiger partial charge in [0.2, 0.25) is 0 Å². The summed E-state index contributed by atoms with van der Waals surface area (Å²) in [6.07, 6.45) is 0. The summed E-state index contributed by atoms with van der Waals surface area (Å²) in [7, 11) is -11.0.